The maximum atomic E-state index is 11.9. The van der Waals surface area contributed by atoms with Crippen molar-refractivity contribution in [2.75, 3.05) is 20.1 Å². The third-order valence-electron chi connectivity index (χ3n) is 3.25. The lowest BCUT2D eigenvalue weighted by molar-refractivity contribution is 0.0399. The van der Waals surface area contributed by atoms with Crippen LogP contribution in [-0.2, 0) is 4.74 Å². The fourth-order valence-electron chi connectivity index (χ4n) is 2.22. The van der Waals surface area contributed by atoms with Crippen LogP contribution in [-0.4, -0.2) is 42.3 Å². The Kier molecular flexibility index (Phi) is 4.79. The largest absolute Gasteiger partial charge is 0.444 e. The van der Waals surface area contributed by atoms with Gasteiger partial charge in [-0.15, -0.1) is 6.58 Å². The van der Waals surface area contributed by atoms with Crippen molar-refractivity contribution in [1.29, 1.82) is 0 Å². The fourth-order valence-corrected chi connectivity index (χ4v) is 2.22. The summed E-state index contributed by atoms with van der Waals surface area (Å²) in [5.74, 6) is 0. The summed E-state index contributed by atoms with van der Waals surface area (Å²) in [7, 11) is 2.10. The van der Waals surface area contributed by atoms with Crippen molar-refractivity contribution < 1.29 is 9.53 Å². The van der Waals surface area contributed by atoms with E-state index in [-0.39, 0.29) is 11.6 Å². The molecule has 1 aliphatic heterocycles. The van der Waals surface area contributed by atoms with Crippen LogP contribution >= 0.6 is 0 Å². The number of alkyl carbamates (subject to hydrolysis) is 1. The smallest absolute Gasteiger partial charge is 0.408 e. The van der Waals surface area contributed by atoms with Crippen LogP contribution in [0.4, 0.5) is 4.79 Å². The van der Waals surface area contributed by atoms with Crippen LogP contribution in [0.3, 0.4) is 0 Å². The quantitative estimate of drug-likeness (QED) is 0.787. The molecule has 0 aromatic carbocycles. The highest BCUT2D eigenvalue weighted by atomic mass is 16.6. The minimum absolute atomic E-state index is 0.184. The molecule has 4 nitrogen and oxygen atoms in total. The minimum Gasteiger partial charge on any atom is -0.444 e. The molecule has 1 saturated heterocycles. The summed E-state index contributed by atoms with van der Waals surface area (Å²) in [5.41, 5.74) is -0.637. The predicted molar refractivity (Wildman–Crippen MR) is 73.6 cm³/mol. The first-order chi connectivity index (χ1) is 8.26. The first-order valence-electron chi connectivity index (χ1n) is 6.57. The number of rotatable bonds is 3. The molecular formula is C14H26N2O2. The molecule has 4 heteroatoms. The molecule has 0 aliphatic carbocycles. The Morgan fingerprint density at radius 3 is 2.44 bits per heavy atom. The maximum Gasteiger partial charge on any atom is 0.408 e. The van der Waals surface area contributed by atoms with E-state index in [1.165, 1.54) is 0 Å². The summed E-state index contributed by atoms with van der Waals surface area (Å²) in [6.07, 6.45) is 4.22. The van der Waals surface area contributed by atoms with Crippen molar-refractivity contribution in [3.63, 3.8) is 0 Å². The Morgan fingerprint density at radius 2 is 2.00 bits per heavy atom. The van der Waals surface area contributed by atoms with Crippen LogP contribution in [0.15, 0.2) is 12.7 Å². The summed E-state index contributed by atoms with van der Waals surface area (Å²) < 4.78 is 5.34. The number of hydrogen-bond donors (Lipinski definition) is 1. The highest BCUT2D eigenvalue weighted by molar-refractivity contribution is 5.68. The average Bonchev–Trinajstić information content (AvgIpc) is 2.20. The van der Waals surface area contributed by atoms with Gasteiger partial charge in [-0.2, -0.15) is 0 Å². The number of hydrogen-bond acceptors (Lipinski definition) is 3. The van der Waals surface area contributed by atoms with Gasteiger partial charge in [-0.1, -0.05) is 6.08 Å². The first-order valence-corrected chi connectivity index (χ1v) is 6.57. The topological polar surface area (TPSA) is 41.6 Å². The highest BCUT2D eigenvalue weighted by Gasteiger charge is 2.35. The molecule has 0 atom stereocenters. The molecule has 0 radical (unpaired) electrons. The molecule has 1 amide bonds. The summed E-state index contributed by atoms with van der Waals surface area (Å²) >= 11 is 0. The lowest BCUT2D eigenvalue weighted by Crippen LogP contribution is -2.55. The number of nitrogens with zero attached hydrogens (tertiary/aromatic N) is 1. The summed E-state index contributed by atoms with van der Waals surface area (Å²) in [6, 6.07) is 0. The van der Waals surface area contributed by atoms with Gasteiger partial charge in [0.1, 0.15) is 5.60 Å². The van der Waals surface area contributed by atoms with E-state index in [9.17, 15) is 4.79 Å². The number of carbonyl (C=O) groups excluding carboxylic acids is 1. The normalized spacial score (nSPS) is 20.2. The van der Waals surface area contributed by atoms with E-state index in [1.54, 1.807) is 0 Å². The third kappa shape index (κ3) is 4.69. The van der Waals surface area contributed by atoms with Gasteiger partial charge in [0.05, 0.1) is 0 Å². The minimum atomic E-state index is -0.453. The van der Waals surface area contributed by atoms with E-state index in [0.717, 1.165) is 32.4 Å². The van der Waals surface area contributed by atoms with E-state index in [4.69, 9.17) is 4.74 Å². The number of nitrogens with one attached hydrogen (secondary N) is 1. The van der Waals surface area contributed by atoms with Crippen molar-refractivity contribution in [2.45, 2.75) is 51.2 Å². The third-order valence-corrected chi connectivity index (χ3v) is 3.25. The van der Waals surface area contributed by atoms with Gasteiger partial charge in [0.25, 0.3) is 0 Å². The number of carbonyl (C=O) groups is 1. The molecule has 0 aromatic heterocycles. The van der Waals surface area contributed by atoms with Crippen LogP contribution < -0.4 is 5.32 Å². The summed E-state index contributed by atoms with van der Waals surface area (Å²) in [4.78, 5) is 14.2. The second-order valence-corrected chi connectivity index (χ2v) is 6.20. The van der Waals surface area contributed by atoms with Crippen LogP contribution in [0.5, 0.6) is 0 Å². The molecule has 1 fully saturated rings. The van der Waals surface area contributed by atoms with Crippen molar-refractivity contribution in [1.82, 2.24) is 10.2 Å². The molecule has 0 aromatic rings. The summed E-state index contributed by atoms with van der Waals surface area (Å²) in [5, 5.41) is 3.05. The van der Waals surface area contributed by atoms with Gasteiger partial charge in [0.15, 0.2) is 0 Å². The zero-order valence-corrected chi connectivity index (χ0v) is 12.1. The van der Waals surface area contributed by atoms with Gasteiger partial charge in [0, 0.05) is 18.6 Å². The van der Waals surface area contributed by atoms with Gasteiger partial charge in [-0.25, -0.2) is 4.79 Å². The Morgan fingerprint density at radius 1 is 1.44 bits per heavy atom. The summed E-state index contributed by atoms with van der Waals surface area (Å²) in [6.45, 7) is 11.4. The Balaban J connectivity index is 2.63. The number of ether oxygens (including phenoxy) is 1. The molecule has 0 saturated carbocycles. The predicted octanol–water partition coefficient (Wildman–Crippen LogP) is 2.55. The van der Waals surface area contributed by atoms with Gasteiger partial charge < -0.3 is 15.0 Å². The van der Waals surface area contributed by atoms with Crippen molar-refractivity contribution in [2.24, 2.45) is 0 Å². The lowest BCUT2D eigenvalue weighted by Gasteiger charge is -2.41. The SMILES string of the molecule is C=CCC1(NC(=O)OC(C)(C)C)CCN(C)CC1. The standard InChI is InChI=1S/C14H26N2O2/c1-6-7-14(8-10-16(5)11-9-14)15-12(17)18-13(2,3)4/h6H,1,7-11H2,2-5H3,(H,15,17). The Labute approximate surface area is 110 Å². The highest BCUT2D eigenvalue weighted by Crippen LogP contribution is 2.26. The second-order valence-electron chi connectivity index (χ2n) is 6.20. The van der Waals surface area contributed by atoms with E-state index < -0.39 is 5.60 Å². The van der Waals surface area contributed by atoms with Crippen molar-refractivity contribution in [3.05, 3.63) is 12.7 Å². The number of piperidine rings is 1. The molecule has 0 unspecified atom stereocenters. The van der Waals surface area contributed by atoms with Crippen LogP contribution in [0.2, 0.25) is 0 Å². The van der Waals surface area contributed by atoms with Gasteiger partial charge in [-0.3, -0.25) is 0 Å². The molecule has 1 N–H and O–H groups in total. The molecule has 1 rings (SSSR count). The van der Waals surface area contributed by atoms with Crippen molar-refractivity contribution >= 4 is 6.09 Å². The van der Waals surface area contributed by atoms with E-state index in [2.05, 4.69) is 23.8 Å². The van der Waals surface area contributed by atoms with Crippen LogP contribution in [0, 0.1) is 0 Å². The van der Waals surface area contributed by atoms with Crippen molar-refractivity contribution in [3.8, 4) is 0 Å². The first kappa shape index (κ1) is 15.0. The zero-order valence-electron chi connectivity index (χ0n) is 12.1. The lowest BCUT2D eigenvalue weighted by atomic mass is 9.84. The fraction of sp³-hybridized carbons (Fsp3) is 0.786. The molecule has 18 heavy (non-hydrogen) atoms. The Hall–Kier alpha value is -1.03. The molecular weight excluding hydrogens is 228 g/mol. The van der Waals surface area contributed by atoms with E-state index in [0.29, 0.717) is 0 Å². The second kappa shape index (κ2) is 5.74. The monoisotopic (exact) mass is 254 g/mol. The molecule has 0 bridgehead atoms. The van der Waals surface area contributed by atoms with Crippen LogP contribution in [0.25, 0.3) is 0 Å². The molecule has 1 aliphatic rings. The number of amides is 1. The molecule has 0 spiro atoms. The maximum absolute atomic E-state index is 11.9. The molecule has 1 heterocycles. The van der Waals surface area contributed by atoms with E-state index >= 15 is 0 Å². The molecule has 104 valence electrons. The zero-order chi connectivity index (χ0) is 13.8. The van der Waals surface area contributed by atoms with E-state index in [1.807, 2.05) is 26.8 Å². The van der Waals surface area contributed by atoms with Gasteiger partial charge >= 0.3 is 6.09 Å². The number of likely N-dealkylation sites (tertiary alicyclic amines) is 1. The van der Waals surface area contributed by atoms with Crippen LogP contribution in [0.1, 0.15) is 40.0 Å². The average molecular weight is 254 g/mol. The van der Waals surface area contributed by atoms with Gasteiger partial charge in [0.2, 0.25) is 0 Å². The Bertz CT molecular complexity index is 299. The van der Waals surface area contributed by atoms with Gasteiger partial charge in [-0.05, 0) is 47.1 Å².